The average Bonchev–Trinajstić information content (AvgIpc) is 2.15. The van der Waals surface area contributed by atoms with Crippen LogP contribution in [-0.4, -0.2) is 10.7 Å². The third kappa shape index (κ3) is 2.24. The van der Waals surface area contributed by atoms with Gasteiger partial charge in [-0.2, -0.15) is 0 Å². The zero-order valence-corrected chi connectivity index (χ0v) is 9.62. The van der Waals surface area contributed by atoms with Crippen molar-refractivity contribution in [3.63, 3.8) is 0 Å². The summed E-state index contributed by atoms with van der Waals surface area (Å²) in [4.78, 5) is 20.9. The number of benzene rings is 1. The van der Waals surface area contributed by atoms with Gasteiger partial charge < -0.3 is 0 Å². The Morgan fingerprint density at radius 3 is 2.44 bits per heavy atom. The summed E-state index contributed by atoms with van der Waals surface area (Å²) in [6.07, 6.45) is -2.99. The molecule has 0 aromatic heterocycles. The quantitative estimate of drug-likeness (QED) is 0.487. The van der Waals surface area contributed by atoms with E-state index in [1.165, 1.54) is 6.07 Å². The van der Waals surface area contributed by atoms with Crippen molar-refractivity contribution in [2.45, 2.75) is 13.3 Å². The normalized spacial score (nSPS) is 10.6. The minimum absolute atomic E-state index is 0.135. The van der Waals surface area contributed by atoms with Gasteiger partial charge >= 0.3 is 0 Å². The van der Waals surface area contributed by atoms with Gasteiger partial charge in [0.05, 0.1) is 10.5 Å². The summed E-state index contributed by atoms with van der Waals surface area (Å²) >= 11 is 2.93. The molecule has 0 unspecified atom stereocenters. The molecular formula is C9H6BrF2NO3. The van der Waals surface area contributed by atoms with Gasteiger partial charge in [-0.1, -0.05) is 0 Å². The molecule has 0 aliphatic heterocycles. The van der Waals surface area contributed by atoms with Crippen LogP contribution in [0.1, 0.15) is 29.3 Å². The van der Waals surface area contributed by atoms with E-state index in [9.17, 15) is 23.7 Å². The average molecular weight is 294 g/mol. The Labute approximate surface area is 97.5 Å². The monoisotopic (exact) mass is 293 g/mol. The third-order valence-corrected chi connectivity index (χ3v) is 2.59. The van der Waals surface area contributed by atoms with E-state index in [0.717, 1.165) is 13.0 Å². The van der Waals surface area contributed by atoms with Crippen LogP contribution < -0.4 is 0 Å². The third-order valence-electron chi connectivity index (χ3n) is 1.93. The number of hydrogen-bond acceptors (Lipinski definition) is 3. The first kappa shape index (κ1) is 12.7. The largest absolute Gasteiger partial charge is 0.294 e. The lowest BCUT2D eigenvalue weighted by Gasteiger charge is -2.06. The number of ketones is 1. The van der Waals surface area contributed by atoms with Crippen molar-refractivity contribution in [1.82, 2.24) is 0 Å². The zero-order valence-electron chi connectivity index (χ0n) is 8.04. The molecule has 4 nitrogen and oxygen atoms in total. The lowest BCUT2D eigenvalue weighted by molar-refractivity contribution is -0.386. The molecule has 0 heterocycles. The Morgan fingerprint density at radius 2 is 2.06 bits per heavy atom. The molecule has 0 amide bonds. The number of nitro benzene ring substituents is 1. The maximum Gasteiger partial charge on any atom is 0.290 e. The summed E-state index contributed by atoms with van der Waals surface area (Å²) < 4.78 is 25.2. The molecule has 0 fully saturated rings. The molecule has 1 aromatic carbocycles. The number of nitrogens with zero attached hydrogens (tertiary/aromatic N) is 1. The van der Waals surface area contributed by atoms with Gasteiger partial charge in [0.25, 0.3) is 12.1 Å². The number of carbonyl (C=O) groups excluding carboxylic acids is 1. The number of hydrogen-bond donors (Lipinski definition) is 0. The van der Waals surface area contributed by atoms with Crippen molar-refractivity contribution < 1.29 is 18.5 Å². The van der Waals surface area contributed by atoms with Crippen LogP contribution in [0, 0.1) is 10.1 Å². The summed E-state index contributed by atoms with van der Waals surface area (Å²) in [5, 5.41) is 10.7. The molecule has 0 saturated heterocycles. The number of Topliss-reactive ketones (excluding diaryl/α,β-unsaturated/α-hetero) is 1. The zero-order chi connectivity index (χ0) is 12.5. The van der Waals surface area contributed by atoms with Crippen LogP contribution in [0.2, 0.25) is 0 Å². The molecule has 16 heavy (non-hydrogen) atoms. The Balaban J connectivity index is 3.63. The van der Waals surface area contributed by atoms with Crippen molar-refractivity contribution in [3.05, 3.63) is 37.8 Å². The highest BCUT2D eigenvalue weighted by Gasteiger charge is 2.29. The molecule has 7 heteroatoms. The Hall–Kier alpha value is -1.37. The Kier molecular flexibility index (Phi) is 3.69. The number of alkyl halides is 2. The fourth-order valence-corrected chi connectivity index (χ4v) is 1.89. The van der Waals surface area contributed by atoms with E-state index < -0.39 is 28.4 Å². The summed E-state index contributed by atoms with van der Waals surface area (Å²) in [6, 6.07) is 2.13. The van der Waals surface area contributed by atoms with E-state index in [4.69, 9.17) is 0 Å². The van der Waals surface area contributed by atoms with Crippen molar-refractivity contribution in [2.24, 2.45) is 0 Å². The second-order valence-corrected chi connectivity index (χ2v) is 3.83. The molecule has 86 valence electrons. The molecular weight excluding hydrogens is 288 g/mol. The standard InChI is InChI=1S/C9H6BrF2NO3/c1-4(14)7-6(10)3-2-5(9(11)12)8(7)13(15)16/h2-3,9H,1H3. The minimum atomic E-state index is -2.99. The fourth-order valence-electron chi connectivity index (χ4n) is 1.29. The van der Waals surface area contributed by atoms with E-state index in [1.807, 2.05) is 0 Å². The van der Waals surface area contributed by atoms with Crippen LogP contribution in [0.4, 0.5) is 14.5 Å². The van der Waals surface area contributed by atoms with Gasteiger partial charge in [-0.3, -0.25) is 14.9 Å². The van der Waals surface area contributed by atoms with Gasteiger partial charge in [0.2, 0.25) is 0 Å². The van der Waals surface area contributed by atoms with Crippen LogP contribution in [0.5, 0.6) is 0 Å². The smallest absolute Gasteiger partial charge is 0.290 e. The second-order valence-electron chi connectivity index (χ2n) is 2.97. The van der Waals surface area contributed by atoms with Crippen molar-refractivity contribution in [3.8, 4) is 0 Å². The summed E-state index contributed by atoms with van der Waals surface area (Å²) in [5.74, 6) is -0.638. The summed E-state index contributed by atoms with van der Waals surface area (Å²) in [5.41, 5.74) is -1.92. The summed E-state index contributed by atoms with van der Waals surface area (Å²) in [6.45, 7) is 1.09. The minimum Gasteiger partial charge on any atom is -0.294 e. The van der Waals surface area contributed by atoms with Gasteiger partial charge in [0.1, 0.15) is 5.56 Å². The molecule has 1 rings (SSSR count). The van der Waals surface area contributed by atoms with Gasteiger partial charge in [-0.05, 0) is 35.0 Å². The van der Waals surface area contributed by atoms with Crippen LogP contribution in [0.25, 0.3) is 0 Å². The number of carbonyl (C=O) groups is 1. The van der Waals surface area contributed by atoms with Gasteiger partial charge in [-0.15, -0.1) is 0 Å². The molecule has 0 saturated carbocycles. The maximum absolute atomic E-state index is 12.5. The molecule has 0 radical (unpaired) electrons. The van der Waals surface area contributed by atoms with Crippen LogP contribution in [-0.2, 0) is 0 Å². The molecule has 0 aliphatic rings. The van der Waals surface area contributed by atoms with Crippen LogP contribution >= 0.6 is 15.9 Å². The van der Waals surface area contributed by atoms with Crippen LogP contribution in [0.3, 0.4) is 0 Å². The van der Waals surface area contributed by atoms with Gasteiger partial charge in [-0.25, -0.2) is 8.78 Å². The highest BCUT2D eigenvalue weighted by Crippen LogP contribution is 2.36. The number of rotatable bonds is 3. The van der Waals surface area contributed by atoms with E-state index in [2.05, 4.69) is 15.9 Å². The van der Waals surface area contributed by atoms with Crippen molar-refractivity contribution in [1.29, 1.82) is 0 Å². The van der Waals surface area contributed by atoms with E-state index in [-0.39, 0.29) is 10.0 Å². The lowest BCUT2D eigenvalue weighted by atomic mass is 10.0. The van der Waals surface area contributed by atoms with Crippen molar-refractivity contribution in [2.75, 3.05) is 0 Å². The first-order chi connectivity index (χ1) is 7.36. The highest BCUT2D eigenvalue weighted by atomic mass is 79.9. The lowest BCUT2D eigenvalue weighted by Crippen LogP contribution is -2.05. The van der Waals surface area contributed by atoms with E-state index in [0.29, 0.717) is 0 Å². The first-order valence-electron chi connectivity index (χ1n) is 4.12. The summed E-state index contributed by atoms with van der Waals surface area (Å²) in [7, 11) is 0. The van der Waals surface area contributed by atoms with Gasteiger partial charge in [0.15, 0.2) is 5.78 Å². The van der Waals surface area contributed by atoms with Crippen LogP contribution in [0.15, 0.2) is 16.6 Å². The molecule has 0 spiro atoms. The maximum atomic E-state index is 12.5. The van der Waals surface area contributed by atoms with Crippen molar-refractivity contribution >= 4 is 27.4 Å². The SMILES string of the molecule is CC(=O)c1c(Br)ccc(C(F)F)c1[N+](=O)[O-]. The molecule has 0 N–H and O–H groups in total. The molecule has 1 aromatic rings. The molecule has 0 atom stereocenters. The second kappa shape index (κ2) is 4.65. The highest BCUT2D eigenvalue weighted by molar-refractivity contribution is 9.10. The Bertz CT molecular complexity index is 462. The predicted octanol–water partition coefficient (Wildman–Crippen LogP) is 3.50. The molecule has 0 bridgehead atoms. The first-order valence-corrected chi connectivity index (χ1v) is 4.91. The van der Waals surface area contributed by atoms with Gasteiger partial charge in [0, 0.05) is 4.47 Å². The van der Waals surface area contributed by atoms with E-state index >= 15 is 0 Å². The number of halogens is 3. The topological polar surface area (TPSA) is 60.2 Å². The van der Waals surface area contributed by atoms with E-state index in [1.54, 1.807) is 0 Å². The molecule has 0 aliphatic carbocycles. The Morgan fingerprint density at radius 1 is 1.50 bits per heavy atom. The fraction of sp³-hybridized carbons (Fsp3) is 0.222. The predicted molar refractivity (Wildman–Crippen MR) is 55.8 cm³/mol. The number of nitro groups is 1.